The fourth-order valence-electron chi connectivity index (χ4n) is 2.68. The van der Waals surface area contributed by atoms with Crippen molar-refractivity contribution < 1.29 is 19.7 Å². The monoisotopic (exact) mass is 427 g/mol. The minimum Gasteiger partial charge on any atom is -0.497 e. The number of nitrogens with two attached hydrogens (primary N) is 1. The van der Waals surface area contributed by atoms with Gasteiger partial charge in [-0.1, -0.05) is 42.1 Å². The van der Waals surface area contributed by atoms with Gasteiger partial charge in [0.25, 0.3) is 0 Å². The summed E-state index contributed by atoms with van der Waals surface area (Å²) in [4.78, 5) is 14.3. The van der Waals surface area contributed by atoms with Crippen LogP contribution in [0.1, 0.15) is 10.8 Å². The largest absolute Gasteiger partial charge is 0.497 e. The number of methoxy groups -OCH3 is 1. The Morgan fingerprint density at radius 2 is 1.69 bits per heavy atom. The van der Waals surface area contributed by atoms with Crippen LogP contribution in [0.2, 0.25) is 0 Å². The molecule has 0 bridgehead atoms. The highest BCUT2D eigenvalue weighted by atomic mass is 32.2. The SMILES string of the molecule is COc1ccc([C@H](Sc2cc(Sc3ccccc3)ccc2N)[C@@H](O)C(=O)O)cc1. The molecule has 5 nitrogen and oxygen atoms in total. The average molecular weight is 428 g/mol. The van der Waals surface area contributed by atoms with Gasteiger partial charge in [-0.3, -0.25) is 0 Å². The van der Waals surface area contributed by atoms with Crippen molar-refractivity contribution >= 4 is 35.2 Å². The van der Waals surface area contributed by atoms with Crippen molar-refractivity contribution in [3.8, 4) is 5.75 Å². The molecule has 0 spiro atoms. The van der Waals surface area contributed by atoms with E-state index in [4.69, 9.17) is 10.5 Å². The molecule has 0 radical (unpaired) electrons. The molecule has 0 aromatic heterocycles. The third-order valence-corrected chi connectivity index (χ3v) is 6.59. The van der Waals surface area contributed by atoms with E-state index >= 15 is 0 Å². The summed E-state index contributed by atoms with van der Waals surface area (Å²) in [5.74, 6) is -0.630. The van der Waals surface area contributed by atoms with Crippen molar-refractivity contribution in [2.24, 2.45) is 0 Å². The van der Waals surface area contributed by atoms with Gasteiger partial charge in [0.15, 0.2) is 6.10 Å². The summed E-state index contributed by atoms with van der Waals surface area (Å²) in [6, 6.07) is 22.6. The fourth-order valence-corrected chi connectivity index (χ4v) is 4.84. The van der Waals surface area contributed by atoms with E-state index in [1.165, 1.54) is 11.8 Å². The predicted molar refractivity (Wildman–Crippen MR) is 117 cm³/mol. The van der Waals surface area contributed by atoms with Gasteiger partial charge in [0.1, 0.15) is 5.75 Å². The number of rotatable bonds is 8. The van der Waals surface area contributed by atoms with Crippen LogP contribution in [0.5, 0.6) is 5.75 Å². The number of anilines is 1. The fraction of sp³-hybridized carbons (Fsp3) is 0.136. The molecule has 3 aromatic carbocycles. The Morgan fingerprint density at radius 1 is 1.00 bits per heavy atom. The number of ether oxygens (including phenoxy) is 1. The molecule has 0 aliphatic carbocycles. The number of aliphatic hydroxyl groups is 1. The normalized spacial score (nSPS) is 12.9. The van der Waals surface area contributed by atoms with Gasteiger partial charge in [0, 0.05) is 20.4 Å². The molecule has 7 heteroatoms. The lowest BCUT2D eigenvalue weighted by atomic mass is 10.1. The van der Waals surface area contributed by atoms with Gasteiger partial charge < -0.3 is 20.7 Å². The van der Waals surface area contributed by atoms with E-state index < -0.39 is 17.3 Å². The van der Waals surface area contributed by atoms with E-state index in [1.807, 2.05) is 42.5 Å². The van der Waals surface area contributed by atoms with Crippen LogP contribution >= 0.6 is 23.5 Å². The highest BCUT2D eigenvalue weighted by molar-refractivity contribution is 8.00. The number of hydrogen-bond acceptors (Lipinski definition) is 6. The van der Waals surface area contributed by atoms with E-state index in [0.29, 0.717) is 21.9 Å². The van der Waals surface area contributed by atoms with Crippen LogP contribution in [0.25, 0.3) is 0 Å². The second kappa shape index (κ2) is 9.73. The van der Waals surface area contributed by atoms with Gasteiger partial charge in [0.2, 0.25) is 0 Å². The van der Waals surface area contributed by atoms with E-state index in [9.17, 15) is 15.0 Å². The maximum atomic E-state index is 11.5. The molecule has 2 atom stereocenters. The zero-order valence-electron chi connectivity index (χ0n) is 15.7. The first-order valence-corrected chi connectivity index (χ1v) is 10.5. The van der Waals surface area contributed by atoms with Crippen LogP contribution < -0.4 is 10.5 Å². The van der Waals surface area contributed by atoms with Gasteiger partial charge in [-0.2, -0.15) is 0 Å². The molecule has 150 valence electrons. The van der Waals surface area contributed by atoms with Crippen molar-refractivity contribution in [1.29, 1.82) is 0 Å². The molecular formula is C22H21NO4S2. The van der Waals surface area contributed by atoms with Crippen LogP contribution in [-0.4, -0.2) is 29.4 Å². The molecular weight excluding hydrogens is 406 g/mol. The van der Waals surface area contributed by atoms with Crippen molar-refractivity contribution in [2.75, 3.05) is 12.8 Å². The van der Waals surface area contributed by atoms with Crippen molar-refractivity contribution in [1.82, 2.24) is 0 Å². The van der Waals surface area contributed by atoms with Gasteiger partial charge in [-0.25, -0.2) is 4.79 Å². The highest BCUT2D eigenvalue weighted by Gasteiger charge is 2.29. The average Bonchev–Trinajstić information content (AvgIpc) is 2.74. The number of hydrogen-bond donors (Lipinski definition) is 3. The minimum atomic E-state index is -1.58. The Labute approximate surface area is 177 Å². The number of aliphatic carboxylic acids is 1. The molecule has 0 fully saturated rings. The second-order valence-electron chi connectivity index (χ2n) is 6.21. The molecule has 0 unspecified atom stereocenters. The van der Waals surface area contributed by atoms with E-state index in [1.54, 1.807) is 49.2 Å². The number of carboxylic acid groups (broad SMARTS) is 1. The third-order valence-electron chi connectivity index (χ3n) is 4.20. The smallest absolute Gasteiger partial charge is 0.334 e. The molecule has 0 saturated heterocycles. The van der Waals surface area contributed by atoms with Crippen LogP contribution in [0, 0.1) is 0 Å². The molecule has 3 aromatic rings. The molecule has 0 aliphatic rings. The number of benzene rings is 3. The van der Waals surface area contributed by atoms with Gasteiger partial charge in [-0.15, -0.1) is 11.8 Å². The Kier molecular flexibility index (Phi) is 7.09. The summed E-state index contributed by atoms with van der Waals surface area (Å²) in [5, 5.41) is 19.0. The van der Waals surface area contributed by atoms with Crippen molar-refractivity contribution in [3.63, 3.8) is 0 Å². The molecule has 0 aliphatic heterocycles. The number of carbonyl (C=O) groups is 1. The van der Waals surface area contributed by atoms with Crippen LogP contribution in [-0.2, 0) is 4.79 Å². The topological polar surface area (TPSA) is 92.8 Å². The van der Waals surface area contributed by atoms with Gasteiger partial charge >= 0.3 is 5.97 Å². The molecule has 0 heterocycles. The molecule has 29 heavy (non-hydrogen) atoms. The highest BCUT2D eigenvalue weighted by Crippen LogP contribution is 2.43. The maximum absolute atomic E-state index is 11.5. The summed E-state index contributed by atoms with van der Waals surface area (Å²) in [5.41, 5.74) is 7.36. The Bertz CT molecular complexity index is 964. The minimum absolute atomic E-state index is 0.531. The number of nitrogen functional groups attached to an aromatic ring is 1. The number of carboxylic acids is 1. The maximum Gasteiger partial charge on any atom is 0.334 e. The summed E-state index contributed by atoms with van der Waals surface area (Å²) < 4.78 is 5.16. The van der Waals surface area contributed by atoms with Crippen LogP contribution in [0.4, 0.5) is 5.69 Å². The second-order valence-corrected chi connectivity index (χ2v) is 8.54. The van der Waals surface area contributed by atoms with Crippen LogP contribution in [0.15, 0.2) is 87.5 Å². The van der Waals surface area contributed by atoms with Gasteiger partial charge in [0.05, 0.1) is 12.4 Å². The summed E-state index contributed by atoms with van der Waals surface area (Å²) in [7, 11) is 1.56. The lowest BCUT2D eigenvalue weighted by molar-refractivity contribution is -0.146. The summed E-state index contributed by atoms with van der Waals surface area (Å²) in [6.45, 7) is 0. The first kappa shape index (κ1) is 21.1. The third kappa shape index (κ3) is 5.47. The van der Waals surface area contributed by atoms with Crippen LogP contribution in [0.3, 0.4) is 0 Å². The summed E-state index contributed by atoms with van der Waals surface area (Å²) in [6.07, 6.45) is -1.58. The van der Waals surface area contributed by atoms with Crippen molar-refractivity contribution in [2.45, 2.75) is 26.0 Å². The quantitative estimate of drug-likeness (QED) is 0.354. The zero-order chi connectivity index (χ0) is 20.8. The molecule has 4 N–H and O–H groups in total. The standard InChI is InChI=1S/C22H21NO4S2/c1-27-15-9-7-14(8-10-15)21(20(24)22(25)26)29-19-13-17(11-12-18(19)23)28-16-5-3-2-4-6-16/h2-13,20-21,24H,23H2,1H3,(H,25,26)/t20-,21+/m1/s1. The lowest BCUT2D eigenvalue weighted by Crippen LogP contribution is -2.26. The Morgan fingerprint density at radius 3 is 2.31 bits per heavy atom. The van der Waals surface area contributed by atoms with E-state index in [-0.39, 0.29) is 0 Å². The Balaban J connectivity index is 1.89. The number of thioether (sulfide) groups is 1. The van der Waals surface area contributed by atoms with E-state index in [2.05, 4.69) is 0 Å². The van der Waals surface area contributed by atoms with Crippen molar-refractivity contribution in [3.05, 3.63) is 78.4 Å². The number of aliphatic hydroxyl groups excluding tert-OH is 1. The molecule has 3 rings (SSSR count). The predicted octanol–water partition coefficient (Wildman–Crippen LogP) is 4.71. The Hall–Kier alpha value is -2.61. The van der Waals surface area contributed by atoms with Gasteiger partial charge in [-0.05, 0) is 48.0 Å². The van der Waals surface area contributed by atoms with E-state index in [0.717, 1.165) is 9.79 Å². The lowest BCUT2D eigenvalue weighted by Gasteiger charge is -2.21. The summed E-state index contributed by atoms with van der Waals surface area (Å²) >= 11 is 2.82. The molecule has 0 amide bonds. The first-order chi connectivity index (χ1) is 14.0. The molecule has 0 saturated carbocycles. The zero-order valence-corrected chi connectivity index (χ0v) is 17.3. The first-order valence-electron chi connectivity index (χ1n) is 8.82.